The fourth-order valence-corrected chi connectivity index (χ4v) is 3.57. The van der Waals surface area contributed by atoms with Crippen molar-refractivity contribution < 1.29 is 0 Å². The van der Waals surface area contributed by atoms with Crippen molar-refractivity contribution in [2.45, 2.75) is 38.8 Å². The molecule has 3 aromatic rings. The van der Waals surface area contributed by atoms with Gasteiger partial charge in [0.15, 0.2) is 5.82 Å². The molecule has 1 aliphatic rings. The van der Waals surface area contributed by atoms with E-state index in [-0.39, 0.29) is 0 Å². The zero-order valence-corrected chi connectivity index (χ0v) is 15.4. The second-order valence-corrected chi connectivity index (χ2v) is 7.20. The van der Waals surface area contributed by atoms with Gasteiger partial charge >= 0.3 is 0 Å². The average molecular weight is 347 g/mol. The standard InChI is InChI=1S/C21H25N5/c1-15(2)26-13-9-17(10-14-26)23-21-18-5-3-4-6-19(18)24-20(25-21)16-7-11-22-12-8-16/h3-8,11-12,15,17H,9-10,13-14H2,1-2H3,(H,23,24,25). The van der Waals surface area contributed by atoms with Crippen molar-refractivity contribution in [1.29, 1.82) is 0 Å². The lowest BCUT2D eigenvalue weighted by Crippen LogP contribution is -2.42. The Hall–Kier alpha value is -2.53. The normalized spacial score (nSPS) is 16.3. The molecule has 1 saturated heterocycles. The van der Waals surface area contributed by atoms with E-state index >= 15 is 0 Å². The summed E-state index contributed by atoms with van der Waals surface area (Å²) in [6.45, 7) is 6.81. The van der Waals surface area contributed by atoms with Crippen LogP contribution < -0.4 is 5.32 Å². The number of para-hydroxylation sites is 1. The van der Waals surface area contributed by atoms with Crippen LogP contribution in [0.25, 0.3) is 22.3 Å². The summed E-state index contributed by atoms with van der Waals surface area (Å²) in [6.07, 6.45) is 5.84. The molecule has 26 heavy (non-hydrogen) atoms. The first kappa shape index (κ1) is 16.9. The Labute approximate surface area is 154 Å². The van der Waals surface area contributed by atoms with Crippen molar-refractivity contribution in [2.24, 2.45) is 0 Å². The third kappa shape index (κ3) is 3.53. The van der Waals surface area contributed by atoms with Crippen molar-refractivity contribution in [3.63, 3.8) is 0 Å². The Bertz CT molecular complexity index is 870. The van der Waals surface area contributed by atoms with Crippen molar-refractivity contribution >= 4 is 16.7 Å². The fraction of sp³-hybridized carbons (Fsp3) is 0.381. The minimum Gasteiger partial charge on any atom is -0.367 e. The summed E-state index contributed by atoms with van der Waals surface area (Å²) in [5, 5.41) is 4.78. The van der Waals surface area contributed by atoms with E-state index in [1.54, 1.807) is 12.4 Å². The van der Waals surface area contributed by atoms with Gasteiger partial charge in [-0.3, -0.25) is 4.98 Å². The van der Waals surface area contributed by atoms with E-state index in [0.717, 1.165) is 54.0 Å². The van der Waals surface area contributed by atoms with Gasteiger partial charge in [-0.2, -0.15) is 0 Å². The summed E-state index contributed by atoms with van der Waals surface area (Å²) in [5.41, 5.74) is 1.96. The minimum atomic E-state index is 0.452. The number of nitrogens with one attached hydrogen (secondary N) is 1. The molecule has 1 fully saturated rings. The van der Waals surface area contributed by atoms with E-state index in [2.05, 4.69) is 35.1 Å². The molecular formula is C21H25N5. The molecule has 0 bridgehead atoms. The number of pyridine rings is 1. The van der Waals surface area contributed by atoms with Crippen LogP contribution in [0, 0.1) is 0 Å². The molecule has 5 nitrogen and oxygen atoms in total. The summed E-state index contributed by atoms with van der Waals surface area (Å²) in [7, 11) is 0. The molecular weight excluding hydrogens is 322 g/mol. The first-order chi connectivity index (χ1) is 12.7. The third-order valence-corrected chi connectivity index (χ3v) is 5.14. The fourth-order valence-electron chi connectivity index (χ4n) is 3.57. The van der Waals surface area contributed by atoms with Gasteiger partial charge in [-0.05, 0) is 51.0 Å². The van der Waals surface area contributed by atoms with Gasteiger partial charge < -0.3 is 10.2 Å². The SMILES string of the molecule is CC(C)N1CCC(Nc2nc(-c3ccncc3)nc3ccccc23)CC1. The predicted octanol–water partition coefficient (Wildman–Crippen LogP) is 3.98. The number of hydrogen-bond donors (Lipinski definition) is 1. The molecule has 0 saturated carbocycles. The van der Waals surface area contributed by atoms with Crippen LogP contribution in [0.1, 0.15) is 26.7 Å². The third-order valence-electron chi connectivity index (χ3n) is 5.14. The highest BCUT2D eigenvalue weighted by molar-refractivity contribution is 5.90. The van der Waals surface area contributed by atoms with Crippen LogP contribution >= 0.6 is 0 Å². The lowest BCUT2D eigenvalue weighted by Gasteiger charge is -2.35. The number of benzene rings is 1. The van der Waals surface area contributed by atoms with Crippen molar-refractivity contribution in [2.75, 3.05) is 18.4 Å². The Morgan fingerprint density at radius 2 is 1.73 bits per heavy atom. The van der Waals surface area contributed by atoms with E-state index < -0.39 is 0 Å². The first-order valence-corrected chi connectivity index (χ1v) is 9.38. The molecule has 3 heterocycles. The Morgan fingerprint density at radius 1 is 1.00 bits per heavy atom. The maximum Gasteiger partial charge on any atom is 0.162 e. The summed E-state index contributed by atoms with van der Waals surface area (Å²) in [6, 6.07) is 13.2. The second kappa shape index (κ2) is 7.38. The molecule has 134 valence electrons. The Kier molecular flexibility index (Phi) is 4.80. The van der Waals surface area contributed by atoms with Gasteiger partial charge in [0.1, 0.15) is 5.82 Å². The highest BCUT2D eigenvalue weighted by Crippen LogP contribution is 2.26. The lowest BCUT2D eigenvalue weighted by molar-refractivity contribution is 0.177. The molecule has 5 heteroatoms. The molecule has 0 radical (unpaired) electrons. The molecule has 2 aromatic heterocycles. The van der Waals surface area contributed by atoms with Gasteiger partial charge in [-0.15, -0.1) is 0 Å². The van der Waals surface area contributed by atoms with Crippen LogP contribution in [0.3, 0.4) is 0 Å². The number of anilines is 1. The number of likely N-dealkylation sites (tertiary alicyclic amines) is 1. The van der Waals surface area contributed by atoms with Crippen LogP contribution in [-0.2, 0) is 0 Å². The second-order valence-electron chi connectivity index (χ2n) is 7.20. The maximum atomic E-state index is 4.86. The quantitative estimate of drug-likeness (QED) is 0.774. The summed E-state index contributed by atoms with van der Waals surface area (Å²) in [5.74, 6) is 1.68. The van der Waals surface area contributed by atoms with E-state index in [4.69, 9.17) is 9.97 Å². The zero-order chi connectivity index (χ0) is 17.9. The van der Waals surface area contributed by atoms with Crippen LogP contribution in [0.2, 0.25) is 0 Å². The predicted molar refractivity (Wildman–Crippen MR) is 106 cm³/mol. The molecule has 4 rings (SSSR count). The van der Waals surface area contributed by atoms with E-state index in [1.165, 1.54) is 0 Å². The van der Waals surface area contributed by atoms with Gasteiger partial charge in [0.25, 0.3) is 0 Å². The number of piperidine rings is 1. The van der Waals surface area contributed by atoms with Crippen molar-refractivity contribution in [3.8, 4) is 11.4 Å². The van der Waals surface area contributed by atoms with Crippen LogP contribution in [-0.4, -0.2) is 45.0 Å². The summed E-state index contributed by atoms with van der Waals surface area (Å²) in [4.78, 5) is 16.2. The van der Waals surface area contributed by atoms with Gasteiger partial charge in [0.05, 0.1) is 5.52 Å². The minimum absolute atomic E-state index is 0.452. The molecule has 0 spiro atoms. The molecule has 1 aromatic carbocycles. The van der Waals surface area contributed by atoms with Crippen LogP contribution in [0.15, 0.2) is 48.8 Å². The van der Waals surface area contributed by atoms with E-state index in [1.807, 2.05) is 30.3 Å². The maximum absolute atomic E-state index is 4.86. The van der Waals surface area contributed by atoms with Crippen LogP contribution in [0.5, 0.6) is 0 Å². The average Bonchev–Trinajstić information content (AvgIpc) is 2.69. The van der Waals surface area contributed by atoms with Crippen molar-refractivity contribution in [1.82, 2.24) is 19.9 Å². The molecule has 0 amide bonds. The van der Waals surface area contributed by atoms with Gasteiger partial charge in [-0.25, -0.2) is 9.97 Å². The van der Waals surface area contributed by atoms with Gasteiger partial charge in [-0.1, -0.05) is 12.1 Å². The molecule has 0 unspecified atom stereocenters. The van der Waals surface area contributed by atoms with Crippen LogP contribution in [0.4, 0.5) is 5.82 Å². The number of rotatable bonds is 4. The highest BCUT2D eigenvalue weighted by atomic mass is 15.2. The van der Waals surface area contributed by atoms with Crippen molar-refractivity contribution in [3.05, 3.63) is 48.8 Å². The number of fused-ring (bicyclic) bond motifs is 1. The number of nitrogens with zero attached hydrogens (tertiary/aromatic N) is 4. The van der Waals surface area contributed by atoms with Gasteiger partial charge in [0.2, 0.25) is 0 Å². The van der Waals surface area contributed by atoms with E-state index in [0.29, 0.717) is 12.1 Å². The Morgan fingerprint density at radius 3 is 2.46 bits per heavy atom. The molecule has 1 N–H and O–H groups in total. The summed E-state index contributed by atoms with van der Waals surface area (Å²) < 4.78 is 0. The van der Waals surface area contributed by atoms with Gasteiger partial charge in [0, 0.05) is 48.5 Å². The van der Waals surface area contributed by atoms with E-state index in [9.17, 15) is 0 Å². The molecule has 0 atom stereocenters. The summed E-state index contributed by atoms with van der Waals surface area (Å²) >= 11 is 0. The monoisotopic (exact) mass is 347 g/mol. The molecule has 0 aliphatic carbocycles. The zero-order valence-electron chi connectivity index (χ0n) is 15.4. The number of hydrogen-bond acceptors (Lipinski definition) is 5. The topological polar surface area (TPSA) is 53.9 Å². The number of aromatic nitrogens is 3. The highest BCUT2D eigenvalue weighted by Gasteiger charge is 2.22. The smallest absolute Gasteiger partial charge is 0.162 e. The lowest BCUT2D eigenvalue weighted by atomic mass is 10.0. The molecule has 1 aliphatic heterocycles. The Balaban J connectivity index is 1.64. The first-order valence-electron chi connectivity index (χ1n) is 9.38. The largest absolute Gasteiger partial charge is 0.367 e.